The van der Waals surface area contributed by atoms with E-state index in [0.717, 1.165) is 57.8 Å². The Hall–Kier alpha value is 7.31. The summed E-state index contributed by atoms with van der Waals surface area (Å²) in [5.74, 6) is -3.90. The summed E-state index contributed by atoms with van der Waals surface area (Å²) in [6.45, 7) is 85.4. The highest BCUT2D eigenvalue weighted by molar-refractivity contribution is 9.11. The van der Waals surface area contributed by atoms with E-state index in [-0.39, 0.29) is 40.1 Å². The van der Waals surface area contributed by atoms with Crippen molar-refractivity contribution >= 4 is 283 Å². The Morgan fingerprint density at radius 2 is 0.327 bits per heavy atom. The third-order valence-corrected chi connectivity index (χ3v) is 118. The predicted molar refractivity (Wildman–Crippen MR) is 505 cm³/mol. The van der Waals surface area contributed by atoms with E-state index in [9.17, 15) is 0 Å². The molecule has 0 spiro atoms. The van der Waals surface area contributed by atoms with Crippen molar-refractivity contribution in [3.8, 4) is 0 Å². The van der Waals surface area contributed by atoms with Crippen LogP contribution in [0, 0.1) is 0 Å². The minimum absolute atomic E-state index is 0.100. The van der Waals surface area contributed by atoms with Gasteiger partial charge < -0.3 is 52.2 Å². The lowest BCUT2D eigenvalue weighted by Gasteiger charge is -2.63. The molecular weight excluding hydrogens is 2090 g/mol. The molecule has 0 aromatic carbocycles. The first-order valence-electron chi connectivity index (χ1n) is 36.5. The van der Waals surface area contributed by atoms with Gasteiger partial charge in [-0.05, 0) is 236 Å². The van der Waals surface area contributed by atoms with Gasteiger partial charge in [0.1, 0.15) is 14.5 Å². The fraction of sp³-hybridized carbons (Fsp3) is 1.00. The standard InChI is InChI=1S/C61H147Br9O12Si16/c1-38-47(62)86(13,14)71-56(10,72-87(15,16)48(63)39-2)59(83,77-92(25,26)53(68)44-7)95(31,32)80-98(37,81-96(33,34)60(84,78-93(27,28)54(69)45-8)57(11,73-88(17,18)49(64)40-3)74-89(19,20)50(65)41-4)82-97(35,36)61(85,79-94(29,30)55(70)46-9)58(12,75-90(21,22)51(66)42-5)76-91(23,24)52(67)43-6/h47-55H,38-46H2,1-37,83-85H3. The SMILES string of the molecule is CCC(Br)[Si](C)(C)OC(C)(O[Si](C)(C)C(Br)CC)C([SiH3])(O[Si](C)(C)C(Br)CC)[Si](C)(C)O[Si](C)(O[Si](C)(C)C([SiH3])(O[Si](C)(C)C(Br)CC)C(C)(O[Si](C)(C)C(Br)CC)O[Si](C)(C)C(Br)CC)O[Si](C)(C)C([SiH3])(O[Si](C)(C)C(Br)CC)C(C)(O[Si](C)(C)C(Br)CC)O[Si](C)(C)C(Br)CC. The largest absolute Gasteiger partial charge is 0.466 e. The molecule has 12 nitrogen and oxygen atoms in total. The quantitative estimate of drug-likeness (QED) is 0.0329. The fourth-order valence-corrected chi connectivity index (χ4v) is 72.1. The predicted octanol–water partition coefficient (Wildman–Crippen LogP) is 20.6. The molecule has 37 heteroatoms. The molecule has 12 unspecified atom stereocenters. The van der Waals surface area contributed by atoms with E-state index < -0.39 is 141 Å². The second-order valence-corrected chi connectivity index (χ2v) is 113. The second kappa shape index (κ2) is 38.8. The highest BCUT2D eigenvalue weighted by Gasteiger charge is 2.73. The van der Waals surface area contributed by atoms with Gasteiger partial charge in [0.25, 0.3) is 0 Å². The van der Waals surface area contributed by atoms with E-state index in [1.807, 2.05) is 0 Å². The first kappa shape index (κ1) is 105. The van der Waals surface area contributed by atoms with E-state index in [4.69, 9.17) is 52.2 Å². The Labute approximate surface area is 702 Å². The van der Waals surface area contributed by atoms with Crippen molar-refractivity contribution in [1.82, 2.24) is 0 Å². The molecular formula is C61H147Br9O12Si16. The molecule has 0 bridgehead atoms. The van der Waals surface area contributed by atoms with E-state index in [2.05, 4.69) is 390 Å². The zero-order chi connectivity index (χ0) is 78.5. The zero-order valence-corrected chi connectivity index (χ0v) is 103. The Morgan fingerprint density at radius 3 is 0.429 bits per heavy atom. The maximum atomic E-state index is 8.84. The summed E-state index contributed by atoms with van der Waals surface area (Å²) in [6.07, 6.45) is 8.01. The third kappa shape index (κ3) is 25.7. The van der Waals surface area contributed by atoms with Crippen molar-refractivity contribution in [2.75, 3.05) is 0 Å². The monoisotopic (exact) mass is 2230 g/mol. The molecule has 0 rings (SSSR count). The van der Waals surface area contributed by atoms with Crippen LogP contribution in [0.1, 0.15) is 141 Å². The molecule has 0 fully saturated rings. The molecule has 0 amide bonds. The summed E-state index contributed by atoms with van der Waals surface area (Å²) in [7, 11) is -38.6. The molecule has 0 heterocycles. The number of alkyl halides is 9. The zero-order valence-electron chi connectivity index (χ0n) is 69.4. The van der Waals surface area contributed by atoms with Crippen LogP contribution in [0.5, 0.6) is 0 Å². The van der Waals surface area contributed by atoms with Crippen molar-refractivity contribution in [3.05, 3.63) is 0 Å². The van der Waals surface area contributed by atoms with Crippen LogP contribution in [0.4, 0.5) is 0 Å². The van der Waals surface area contributed by atoms with Gasteiger partial charge in [-0.2, -0.15) is 0 Å². The molecule has 0 aliphatic heterocycles. The molecule has 0 aliphatic rings. The number of halogens is 9. The Balaban J connectivity index is 11.1. The van der Waals surface area contributed by atoms with Crippen molar-refractivity contribution in [1.29, 1.82) is 0 Å². The molecule has 0 aliphatic carbocycles. The van der Waals surface area contributed by atoms with E-state index in [1.54, 1.807) is 0 Å². The minimum Gasteiger partial charge on any atom is -0.414 e. The van der Waals surface area contributed by atoms with Gasteiger partial charge in [-0.1, -0.05) is 206 Å². The average molecular weight is 2240 g/mol. The molecule has 0 aromatic heterocycles. The highest BCUT2D eigenvalue weighted by Crippen LogP contribution is 2.53. The average Bonchev–Trinajstić information content (AvgIpc) is 0.718. The van der Waals surface area contributed by atoms with Gasteiger partial charge in [-0.3, -0.25) is 0 Å². The highest BCUT2D eigenvalue weighted by atomic mass is 79.9. The maximum absolute atomic E-state index is 8.84. The Kier molecular flexibility index (Phi) is 41.7. The van der Waals surface area contributed by atoms with E-state index in [1.165, 1.54) is 0 Å². The lowest BCUT2D eigenvalue weighted by atomic mass is 10.3. The molecule has 0 aromatic rings. The van der Waals surface area contributed by atoms with Crippen LogP contribution in [0.3, 0.4) is 0 Å². The molecule has 98 heavy (non-hydrogen) atoms. The van der Waals surface area contributed by atoms with Gasteiger partial charge in [-0.15, -0.1) is 0 Å². The number of hydrogen-bond donors (Lipinski definition) is 0. The summed E-state index contributed by atoms with van der Waals surface area (Å²) in [5, 5.41) is 0. The third-order valence-electron chi connectivity index (χ3n) is 21.5. The molecule has 12 atom stereocenters. The van der Waals surface area contributed by atoms with Gasteiger partial charge in [-0.25, -0.2) is 0 Å². The molecule has 590 valence electrons. The molecule has 0 saturated heterocycles. The summed E-state index contributed by atoms with van der Waals surface area (Å²) < 4.78 is 101. The van der Waals surface area contributed by atoms with Gasteiger partial charge in [0, 0.05) is 77.3 Å². The molecule has 0 saturated carbocycles. The van der Waals surface area contributed by atoms with Gasteiger partial charge in [0.05, 0.1) is 0 Å². The van der Waals surface area contributed by atoms with E-state index >= 15 is 0 Å². The number of rotatable bonds is 48. The summed E-state index contributed by atoms with van der Waals surface area (Å²) >= 11 is 38.0. The topological polar surface area (TPSA) is 111 Å². The van der Waals surface area contributed by atoms with Crippen LogP contribution < -0.4 is 0 Å². The van der Waals surface area contributed by atoms with Crippen LogP contribution >= 0.6 is 143 Å². The smallest absolute Gasteiger partial charge is 0.414 e. The van der Waals surface area contributed by atoms with Crippen molar-refractivity contribution < 1.29 is 52.2 Å². The van der Waals surface area contributed by atoms with Crippen molar-refractivity contribution in [3.63, 3.8) is 0 Å². The lowest BCUT2D eigenvalue weighted by molar-refractivity contribution is -0.178. The van der Waals surface area contributed by atoms with E-state index in [0.29, 0.717) is 30.7 Å². The first-order chi connectivity index (χ1) is 43.3. The van der Waals surface area contributed by atoms with Crippen molar-refractivity contribution in [2.45, 2.75) is 377 Å². The second-order valence-electron chi connectivity index (χ2n) is 34.9. The van der Waals surface area contributed by atoms with Crippen LogP contribution in [0.25, 0.3) is 0 Å². The fourth-order valence-electron chi connectivity index (χ4n) is 14.3. The lowest BCUT2D eigenvalue weighted by Crippen LogP contribution is -2.83. The maximum Gasteiger partial charge on any atom is 0.466 e. The Morgan fingerprint density at radius 1 is 0.224 bits per heavy atom. The van der Waals surface area contributed by atoms with Gasteiger partial charge >= 0.3 is 8.80 Å². The van der Waals surface area contributed by atoms with Crippen LogP contribution in [-0.4, -0.2) is 211 Å². The van der Waals surface area contributed by atoms with Gasteiger partial charge in [0.2, 0.25) is 74.9 Å². The number of hydrogen-bond acceptors (Lipinski definition) is 12. The summed E-state index contributed by atoms with van der Waals surface area (Å²) in [6, 6.07) is 0. The van der Waals surface area contributed by atoms with Crippen LogP contribution in [0.15, 0.2) is 0 Å². The van der Waals surface area contributed by atoms with Crippen molar-refractivity contribution in [2.24, 2.45) is 0 Å². The first-order valence-corrected chi connectivity index (χ1v) is 85.6. The minimum atomic E-state index is -4.38. The Bertz CT molecular complexity index is 2150. The normalized spacial score (nSPS) is 21.9. The van der Waals surface area contributed by atoms with Crippen LogP contribution in [0.2, 0.25) is 164 Å². The van der Waals surface area contributed by atoms with Gasteiger partial charge in [0.15, 0.2) is 42.3 Å². The molecule has 0 N–H and O–H groups in total. The summed E-state index contributed by atoms with van der Waals surface area (Å²) in [5.41, 5.74) is 0. The summed E-state index contributed by atoms with van der Waals surface area (Å²) in [4.78, 5) is -3.30. The molecule has 0 radical (unpaired) electrons. The van der Waals surface area contributed by atoms with Crippen LogP contribution in [-0.2, 0) is 52.2 Å².